The van der Waals surface area contributed by atoms with Crippen LogP contribution in [0.15, 0.2) is 71.6 Å². The van der Waals surface area contributed by atoms with Crippen molar-refractivity contribution in [3.8, 4) is 0 Å². The van der Waals surface area contributed by atoms with E-state index in [0.29, 0.717) is 18.0 Å². The molecular formula is C23H25N3O2. The summed E-state index contributed by atoms with van der Waals surface area (Å²) < 4.78 is 5.32. The molecule has 0 bridgehead atoms. The molecular weight excluding hydrogens is 350 g/mol. The van der Waals surface area contributed by atoms with Crippen molar-refractivity contribution in [3.05, 3.63) is 84.1 Å². The van der Waals surface area contributed by atoms with E-state index >= 15 is 0 Å². The summed E-state index contributed by atoms with van der Waals surface area (Å²) in [6.45, 7) is 2.18. The van der Waals surface area contributed by atoms with E-state index < -0.39 is 0 Å². The Morgan fingerprint density at radius 3 is 2.68 bits per heavy atom. The fourth-order valence-electron chi connectivity index (χ4n) is 3.73. The number of hydrogen-bond acceptors (Lipinski definition) is 4. The number of rotatable bonds is 6. The monoisotopic (exact) mass is 375 g/mol. The van der Waals surface area contributed by atoms with Crippen molar-refractivity contribution in [1.29, 1.82) is 0 Å². The predicted octanol–water partition coefficient (Wildman–Crippen LogP) is 4.38. The number of amides is 1. The Labute approximate surface area is 165 Å². The Kier molecular flexibility index (Phi) is 5.71. The second-order valence-electron chi connectivity index (χ2n) is 7.32. The zero-order chi connectivity index (χ0) is 19.2. The largest absolute Gasteiger partial charge is 0.467 e. The summed E-state index contributed by atoms with van der Waals surface area (Å²) in [4.78, 5) is 19.1. The first-order valence-corrected chi connectivity index (χ1v) is 9.82. The number of benzene rings is 1. The summed E-state index contributed by atoms with van der Waals surface area (Å²) >= 11 is 0. The summed E-state index contributed by atoms with van der Waals surface area (Å²) in [5.41, 5.74) is 2.83. The number of nitrogens with zero attached hydrogens (tertiary/aromatic N) is 2. The van der Waals surface area contributed by atoms with Crippen LogP contribution in [0.25, 0.3) is 0 Å². The highest BCUT2D eigenvalue weighted by molar-refractivity contribution is 5.94. The highest BCUT2D eigenvalue weighted by Crippen LogP contribution is 2.23. The van der Waals surface area contributed by atoms with Gasteiger partial charge in [0.2, 0.25) is 0 Å². The molecule has 1 aromatic carbocycles. The second-order valence-corrected chi connectivity index (χ2v) is 7.32. The highest BCUT2D eigenvalue weighted by Gasteiger charge is 2.24. The van der Waals surface area contributed by atoms with Crippen LogP contribution >= 0.6 is 0 Å². The Morgan fingerprint density at radius 1 is 1.11 bits per heavy atom. The van der Waals surface area contributed by atoms with Crippen LogP contribution in [-0.2, 0) is 13.0 Å². The zero-order valence-corrected chi connectivity index (χ0v) is 15.9. The van der Waals surface area contributed by atoms with E-state index in [4.69, 9.17) is 4.42 Å². The van der Waals surface area contributed by atoms with Crippen LogP contribution in [-0.4, -0.2) is 28.9 Å². The smallest absolute Gasteiger partial charge is 0.255 e. The minimum Gasteiger partial charge on any atom is -0.467 e. The van der Waals surface area contributed by atoms with Crippen LogP contribution < -0.4 is 5.32 Å². The van der Waals surface area contributed by atoms with Crippen LogP contribution in [0.3, 0.4) is 0 Å². The third-order valence-corrected chi connectivity index (χ3v) is 5.30. The fraction of sp³-hybridized carbons (Fsp3) is 0.304. The van der Waals surface area contributed by atoms with E-state index in [-0.39, 0.29) is 5.91 Å². The van der Waals surface area contributed by atoms with Gasteiger partial charge in [-0.3, -0.25) is 9.78 Å². The minimum atomic E-state index is 0.0623. The lowest BCUT2D eigenvalue weighted by molar-refractivity contribution is 0.0690. The van der Waals surface area contributed by atoms with E-state index in [1.54, 1.807) is 18.7 Å². The van der Waals surface area contributed by atoms with Crippen molar-refractivity contribution in [3.63, 3.8) is 0 Å². The molecule has 1 aliphatic heterocycles. The normalized spacial score (nSPS) is 14.8. The number of carbonyl (C=O) groups excluding carboxylic acids is 1. The molecule has 2 aromatic heterocycles. The molecule has 1 aliphatic rings. The number of pyridine rings is 1. The van der Waals surface area contributed by atoms with Crippen LogP contribution in [0.4, 0.5) is 5.69 Å². The number of furan rings is 1. The van der Waals surface area contributed by atoms with Crippen LogP contribution in [0.2, 0.25) is 0 Å². The van der Waals surface area contributed by atoms with Crippen LogP contribution in [0, 0.1) is 5.92 Å². The average Bonchev–Trinajstić information content (AvgIpc) is 3.27. The number of carbonyl (C=O) groups is 1. The lowest BCUT2D eigenvalue weighted by Crippen LogP contribution is -2.39. The Morgan fingerprint density at radius 2 is 1.93 bits per heavy atom. The van der Waals surface area contributed by atoms with Crippen molar-refractivity contribution < 1.29 is 9.21 Å². The summed E-state index contributed by atoms with van der Waals surface area (Å²) in [5.74, 6) is 1.55. The first kappa shape index (κ1) is 18.3. The number of piperidine rings is 1. The topological polar surface area (TPSA) is 58.4 Å². The number of likely N-dealkylation sites (tertiary alicyclic amines) is 1. The molecule has 1 N–H and O–H groups in total. The molecule has 4 rings (SSSR count). The SMILES string of the molecule is O=C(c1cncc(NCc2ccco2)c1)N1CCC(Cc2ccccc2)CC1. The molecule has 3 heterocycles. The molecule has 0 atom stereocenters. The lowest BCUT2D eigenvalue weighted by atomic mass is 9.90. The molecule has 28 heavy (non-hydrogen) atoms. The molecule has 0 saturated carbocycles. The van der Waals surface area contributed by atoms with Gasteiger partial charge in [0, 0.05) is 25.5 Å². The first-order chi connectivity index (χ1) is 13.8. The Hall–Kier alpha value is -3.08. The number of anilines is 1. The van der Waals surface area contributed by atoms with Gasteiger partial charge in [-0.1, -0.05) is 30.3 Å². The maximum absolute atomic E-state index is 12.9. The van der Waals surface area contributed by atoms with Crippen molar-refractivity contribution in [2.75, 3.05) is 18.4 Å². The Bertz CT molecular complexity index is 885. The van der Waals surface area contributed by atoms with Gasteiger partial charge in [-0.05, 0) is 48.9 Å². The molecule has 1 amide bonds. The quantitative estimate of drug-likeness (QED) is 0.695. The third kappa shape index (κ3) is 4.60. The number of hydrogen-bond donors (Lipinski definition) is 1. The summed E-state index contributed by atoms with van der Waals surface area (Å²) in [6, 6.07) is 16.2. The maximum atomic E-state index is 12.9. The molecule has 0 aliphatic carbocycles. The van der Waals surface area contributed by atoms with Crippen LogP contribution in [0.5, 0.6) is 0 Å². The van der Waals surface area contributed by atoms with E-state index in [2.05, 4.69) is 40.6 Å². The molecule has 3 aromatic rings. The first-order valence-electron chi connectivity index (χ1n) is 9.82. The van der Waals surface area contributed by atoms with Gasteiger partial charge in [-0.25, -0.2) is 0 Å². The van der Waals surface area contributed by atoms with Crippen molar-refractivity contribution in [2.24, 2.45) is 5.92 Å². The molecule has 1 saturated heterocycles. The molecule has 5 heteroatoms. The van der Waals surface area contributed by atoms with Gasteiger partial charge in [0.05, 0.1) is 24.1 Å². The van der Waals surface area contributed by atoms with Crippen molar-refractivity contribution >= 4 is 11.6 Å². The van der Waals surface area contributed by atoms with Gasteiger partial charge in [-0.2, -0.15) is 0 Å². The fourth-order valence-corrected chi connectivity index (χ4v) is 3.73. The summed E-state index contributed by atoms with van der Waals surface area (Å²) in [5, 5.41) is 3.25. The van der Waals surface area contributed by atoms with Crippen LogP contribution in [0.1, 0.15) is 34.5 Å². The van der Waals surface area contributed by atoms with Gasteiger partial charge < -0.3 is 14.6 Å². The third-order valence-electron chi connectivity index (χ3n) is 5.30. The van der Waals surface area contributed by atoms with E-state index in [1.807, 2.05) is 23.1 Å². The van der Waals surface area contributed by atoms with E-state index in [9.17, 15) is 4.79 Å². The summed E-state index contributed by atoms with van der Waals surface area (Å²) in [6.07, 6.45) is 8.21. The van der Waals surface area contributed by atoms with Crippen molar-refractivity contribution in [1.82, 2.24) is 9.88 Å². The average molecular weight is 375 g/mol. The van der Waals surface area contributed by atoms with Gasteiger partial charge in [0.1, 0.15) is 5.76 Å². The zero-order valence-electron chi connectivity index (χ0n) is 15.9. The minimum absolute atomic E-state index is 0.0623. The molecule has 1 fully saturated rings. The lowest BCUT2D eigenvalue weighted by Gasteiger charge is -2.32. The van der Waals surface area contributed by atoms with Gasteiger partial charge in [0.25, 0.3) is 5.91 Å². The standard InChI is InChI=1S/C23H25N3O2/c27-23(20-14-21(16-24-15-20)25-17-22-7-4-12-28-22)26-10-8-19(9-11-26)13-18-5-2-1-3-6-18/h1-7,12,14-16,19,25H,8-11,13,17H2. The van der Waals surface area contributed by atoms with Crippen molar-refractivity contribution in [2.45, 2.75) is 25.8 Å². The molecule has 0 radical (unpaired) electrons. The van der Waals surface area contributed by atoms with Gasteiger partial charge in [0.15, 0.2) is 0 Å². The predicted molar refractivity (Wildman–Crippen MR) is 109 cm³/mol. The van der Waals surface area contributed by atoms with E-state index in [0.717, 1.165) is 43.8 Å². The molecule has 0 spiro atoms. The van der Waals surface area contributed by atoms with Gasteiger partial charge in [-0.15, -0.1) is 0 Å². The van der Waals surface area contributed by atoms with E-state index in [1.165, 1.54) is 5.56 Å². The number of aromatic nitrogens is 1. The Balaban J connectivity index is 1.31. The summed E-state index contributed by atoms with van der Waals surface area (Å²) in [7, 11) is 0. The molecule has 0 unspecified atom stereocenters. The number of nitrogens with one attached hydrogen (secondary N) is 1. The second kappa shape index (κ2) is 8.74. The van der Waals surface area contributed by atoms with Gasteiger partial charge >= 0.3 is 0 Å². The molecule has 5 nitrogen and oxygen atoms in total. The maximum Gasteiger partial charge on any atom is 0.255 e. The molecule has 144 valence electrons. The highest BCUT2D eigenvalue weighted by atomic mass is 16.3.